The molecule has 1 aromatic heterocycles. The van der Waals surface area contributed by atoms with Crippen LogP contribution in [0.3, 0.4) is 0 Å². The number of nitrogens with zero attached hydrogens (tertiary/aromatic N) is 1. The van der Waals surface area contributed by atoms with Gasteiger partial charge in [0.15, 0.2) is 5.76 Å². The van der Waals surface area contributed by atoms with E-state index in [1.807, 2.05) is 20.8 Å². The highest BCUT2D eigenvalue weighted by Gasteiger charge is 2.34. The molecule has 1 heterocycles. The van der Waals surface area contributed by atoms with Crippen molar-refractivity contribution in [1.82, 2.24) is 21.0 Å². The molecule has 58 heavy (non-hydrogen) atoms. The molecule has 0 aliphatic carbocycles. The van der Waals surface area contributed by atoms with Gasteiger partial charge in [0.1, 0.15) is 23.3 Å². The van der Waals surface area contributed by atoms with Gasteiger partial charge in [-0.15, -0.1) is 0 Å². The third-order valence-electron chi connectivity index (χ3n) is 9.19. The number of amides is 4. The van der Waals surface area contributed by atoms with Gasteiger partial charge in [0, 0.05) is 5.56 Å². The lowest BCUT2D eigenvalue weighted by atomic mass is 9.90. The summed E-state index contributed by atoms with van der Waals surface area (Å²) in [6.07, 6.45) is 2.57. The second kappa shape index (κ2) is 22.4. The number of carboxylic acid groups (broad SMARTS) is 2. The minimum atomic E-state index is -1.67. The van der Waals surface area contributed by atoms with E-state index >= 15 is 0 Å². The molecule has 0 radical (unpaired) electrons. The van der Waals surface area contributed by atoms with E-state index in [2.05, 4.69) is 16.0 Å². The van der Waals surface area contributed by atoms with Crippen molar-refractivity contribution < 1.29 is 62.5 Å². The first-order chi connectivity index (χ1) is 27.7. The Morgan fingerprint density at radius 1 is 0.897 bits per heavy atom. The van der Waals surface area contributed by atoms with Gasteiger partial charge in [-0.05, 0) is 73.7 Å². The highest BCUT2D eigenvalue weighted by atomic mass is 16.7. The number of methoxy groups -OCH3 is 1. The van der Waals surface area contributed by atoms with Gasteiger partial charge in [-0.25, -0.2) is 9.59 Å². The van der Waals surface area contributed by atoms with Gasteiger partial charge in [-0.1, -0.05) is 53.0 Å². The zero-order chi connectivity index (χ0) is 42.9. The van der Waals surface area contributed by atoms with Crippen molar-refractivity contribution in [3.05, 3.63) is 71.0 Å². The number of furan rings is 1. The van der Waals surface area contributed by atoms with E-state index in [9.17, 15) is 38.7 Å². The molecule has 17 nitrogen and oxygen atoms in total. The topological polar surface area (TPSA) is 240 Å². The Bertz CT molecular complexity index is 1920. The second-order valence-corrected chi connectivity index (χ2v) is 13.5. The number of rotatable bonds is 24. The molecule has 0 saturated heterocycles. The Labute approximate surface area is 336 Å². The van der Waals surface area contributed by atoms with Gasteiger partial charge in [0.2, 0.25) is 12.3 Å². The lowest BCUT2D eigenvalue weighted by Crippen LogP contribution is -2.49. The minimum absolute atomic E-state index is 0.0484. The summed E-state index contributed by atoms with van der Waals surface area (Å²) in [5.74, 6) is -5.79. The molecule has 0 aliphatic heterocycles. The molecule has 2 aromatic carbocycles. The Hall–Kier alpha value is -6.39. The number of benzene rings is 2. The first-order valence-electron chi connectivity index (χ1n) is 19.0. The van der Waals surface area contributed by atoms with Crippen LogP contribution in [0.5, 0.6) is 11.5 Å². The fourth-order valence-electron chi connectivity index (χ4n) is 6.19. The molecule has 0 aliphatic rings. The number of nitrogens with one attached hydrogen (secondary N) is 3. The van der Waals surface area contributed by atoms with E-state index in [-0.39, 0.29) is 54.0 Å². The molecule has 0 saturated carbocycles. The summed E-state index contributed by atoms with van der Waals surface area (Å²) in [5, 5.41) is 26.7. The number of aliphatic carboxylic acids is 2. The van der Waals surface area contributed by atoms with Gasteiger partial charge in [-0.3, -0.25) is 24.0 Å². The number of hydrogen-bond donors (Lipinski definition) is 5. The van der Waals surface area contributed by atoms with Crippen LogP contribution in [0, 0.1) is 5.92 Å². The Morgan fingerprint density at radius 2 is 1.62 bits per heavy atom. The van der Waals surface area contributed by atoms with Crippen LogP contribution < -0.4 is 25.4 Å². The molecule has 3 atom stereocenters. The number of carbonyl (C=O) groups excluding carboxylic acids is 5. The van der Waals surface area contributed by atoms with Crippen molar-refractivity contribution in [3.63, 3.8) is 0 Å². The standard InChI is InChI=1S/C41H52N4O13/c1-7-10-11-12-28(32(8-2)45(23-46)58-41(54)27-16-14-26(55-6)20-30(27)24(4)5)37(49)42-22-43-39(51)34-18-17-33(57-34)25-13-15-29(35(19-25)56-9-3)38(50)44-31(40(52)53)21-36(47)48/h13-20,23-24,28,31-32H,7-12,21-22H2,1-6H3,(H,42,49)(H,43,51)(H,44,50)(H,47,48)(H,52,53)/t28?,31?,32-/m1/s1. The summed E-state index contributed by atoms with van der Waals surface area (Å²) >= 11 is 0. The van der Waals surface area contributed by atoms with Gasteiger partial charge in [-0.2, -0.15) is 5.06 Å². The first kappa shape index (κ1) is 46.0. The zero-order valence-corrected chi connectivity index (χ0v) is 33.5. The highest BCUT2D eigenvalue weighted by molar-refractivity contribution is 6.00. The molecule has 3 rings (SSSR count). The van der Waals surface area contributed by atoms with Gasteiger partial charge in [0.25, 0.3) is 11.8 Å². The molecular formula is C41H52N4O13. The van der Waals surface area contributed by atoms with Crippen LogP contribution in [0.4, 0.5) is 0 Å². The largest absolute Gasteiger partial charge is 0.497 e. The van der Waals surface area contributed by atoms with Crippen molar-refractivity contribution in [2.24, 2.45) is 5.92 Å². The summed E-state index contributed by atoms with van der Waals surface area (Å²) in [6, 6.07) is 9.63. The third-order valence-corrected chi connectivity index (χ3v) is 9.19. The fraction of sp³-hybridized carbons (Fsp3) is 0.439. The van der Waals surface area contributed by atoms with Crippen molar-refractivity contribution in [1.29, 1.82) is 0 Å². The van der Waals surface area contributed by atoms with Crippen LogP contribution in [-0.2, 0) is 24.0 Å². The van der Waals surface area contributed by atoms with E-state index in [1.54, 1.807) is 32.0 Å². The molecule has 3 aromatic rings. The van der Waals surface area contributed by atoms with Crippen molar-refractivity contribution in [2.45, 2.75) is 91.1 Å². The normalized spacial score (nSPS) is 12.4. The summed E-state index contributed by atoms with van der Waals surface area (Å²) in [6.45, 7) is 9.12. The molecule has 17 heteroatoms. The predicted octanol–water partition coefficient (Wildman–Crippen LogP) is 5.14. The second-order valence-electron chi connectivity index (χ2n) is 13.5. The van der Waals surface area contributed by atoms with Crippen LogP contribution in [-0.4, -0.2) is 89.8 Å². The van der Waals surface area contributed by atoms with E-state index in [0.29, 0.717) is 36.1 Å². The number of hydrogen-bond acceptors (Lipinski definition) is 11. The average Bonchev–Trinajstić information content (AvgIpc) is 3.70. The van der Waals surface area contributed by atoms with Crippen LogP contribution in [0.1, 0.15) is 116 Å². The number of unbranched alkanes of at least 4 members (excludes halogenated alkanes) is 2. The zero-order valence-electron chi connectivity index (χ0n) is 33.5. The number of carbonyl (C=O) groups is 7. The summed E-state index contributed by atoms with van der Waals surface area (Å²) < 4.78 is 16.7. The smallest absolute Gasteiger partial charge is 0.363 e. The van der Waals surface area contributed by atoms with Gasteiger partial charge < -0.3 is 44.9 Å². The molecule has 2 unspecified atom stereocenters. The lowest BCUT2D eigenvalue weighted by Gasteiger charge is -2.32. The van der Waals surface area contributed by atoms with Crippen molar-refractivity contribution in [2.75, 3.05) is 20.4 Å². The average molecular weight is 809 g/mol. The Morgan fingerprint density at radius 3 is 2.22 bits per heavy atom. The monoisotopic (exact) mass is 808 g/mol. The fourth-order valence-corrected chi connectivity index (χ4v) is 6.19. The highest BCUT2D eigenvalue weighted by Crippen LogP contribution is 2.30. The molecule has 314 valence electrons. The first-order valence-corrected chi connectivity index (χ1v) is 19.0. The van der Waals surface area contributed by atoms with Crippen molar-refractivity contribution >= 4 is 42.0 Å². The maximum absolute atomic E-state index is 13.7. The minimum Gasteiger partial charge on any atom is -0.497 e. The van der Waals surface area contributed by atoms with Crippen LogP contribution in [0.25, 0.3) is 11.3 Å². The molecular weight excluding hydrogens is 756 g/mol. The number of ether oxygens (including phenoxy) is 2. The Kier molecular flexibility index (Phi) is 17.7. The number of carboxylic acids is 2. The molecule has 5 N–H and O–H groups in total. The number of hydroxylamine groups is 2. The third kappa shape index (κ3) is 12.6. The summed E-state index contributed by atoms with van der Waals surface area (Å²) in [5.41, 5.74) is 1.28. The SMILES string of the molecule is CCCCCC(C(=O)NCNC(=O)c1ccc(-c2ccc(C(=O)NC(CC(=O)O)C(=O)O)c(OCC)c2)o1)[C@@H](CC)N(C=O)OC(=O)c1ccc(OC)cc1C(C)C. The quantitative estimate of drug-likeness (QED) is 0.0341. The van der Waals surface area contributed by atoms with Crippen LogP contribution in [0.2, 0.25) is 0 Å². The molecule has 4 amide bonds. The summed E-state index contributed by atoms with van der Waals surface area (Å²) in [7, 11) is 1.52. The predicted molar refractivity (Wildman–Crippen MR) is 209 cm³/mol. The van der Waals surface area contributed by atoms with Gasteiger partial charge >= 0.3 is 17.9 Å². The van der Waals surface area contributed by atoms with E-state index in [4.69, 9.17) is 23.8 Å². The molecule has 0 spiro atoms. The maximum atomic E-state index is 13.7. The molecule has 0 fully saturated rings. The van der Waals surface area contributed by atoms with Crippen LogP contribution >= 0.6 is 0 Å². The van der Waals surface area contributed by atoms with Crippen LogP contribution in [0.15, 0.2) is 52.9 Å². The van der Waals surface area contributed by atoms with E-state index in [1.165, 1.54) is 37.4 Å². The van der Waals surface area contributed by atoms with Crippen molar-refractivity contribution in [3.8, 4) is 22.8 Å². The molecule has 0 bridgehead atoms. The Balaban J connectivity index is 1.72. The lowest BCUT2D eigenvalue weighted by molar-refractivity contribution is -0.171. The van der Waals surface area contributed by atoms with E-state index < -0.39 is 60.1 Å². The maximum Gasteiger partial charge on any atom is 0.363 e. The summed E-state index contributed by atoms with van der Waals surface area (Å²) in [4.78, 5) is 93.5. The van der Waals surface area contributed by atoms with Gasteiger partial charge in [0.05, 0.1) is 49.9 Å². The van der Waals surface area contributed by atoms with E-state index in [0.717, 1.165) is 17.9 Å².